The number of piperidine rings is 1. The third-order valence-corrected chi connectivity index (χ3v) is 4.65. The number of likely N-dealkylation sites (tertiary alicyclic amines) is 1. The second-order valence-corrected chi connectivity index (χ2v) is 6.24. The largest absolute Gasteiger partial charge is 0.306 e. The van der Waals surface area contributed by atoms with Crippen LogP contribution in [0.4, 0.5) is 0 Å². The lowest BCUT2D eigenvalue weighted by Crippen LogP contribution is -2.48. The van der Waals surface area contributed by atoms with Crippen molar-refractivity contribution in [2.75, 3.05) is 59.4 Å². The van der Waals surface area contributed by atoms with Gasteiger partial charge in [-0.25, -0.2) is 0 Å². The first-order valence-corrected chi connectivity index (χ1v) is 8.91. The first-order valence-electron chi connectivity index (χ1n) is 8.91. The number of hydrogen-bond acceptors (Lipinski definition) is 3. The molecule has 2 aliphatic heterocycles. The molecule has 0 unspecified atom stereocenters. The van der Waals surface area contributed by atoms with Crippen molar-refractivity contribution in [3.63, 3.8) is 0 Å². The Labute approximate surface area is 127 Å². The SMILES string of the molecule is CC.CCCCN1CCN(CC2CCN(C)CC2)CC1. The van der Waals surface area contributed by atoms with Gasteiger partial charge in [-0.05, 0) is 51.9 Å². The molecule has 0 aromatic rings. The summed E-state index contributed by atoms with van der Waals surface area (Å²) in [5, 5.41) is 0. The van der Waals surface area contributed by atoms with Crippen LogP contribution in [0.3, 0.4) is 0 Å². The van der Waals surface area contributed by atoms with E-state index in [1.54, 1.807) is 0 Å². The summed E-state index contributed by atoms with van der Waals surface area (Å²) in [5.74, 6) is 0.961. The summed E-state index contributed by atoms with van der Waals surface area (Å²) < 4.78 is 0. The topological polar surface area (TPSA) is 9.72 Å². The normalized spacial score (nSPS) is 23.4. The zero-order valence-electron chi connectivity index (χ0n) is 14.4. The standard InChI is InChI=1S/C15H31N3.C2H6/c1-3-4-7-17-10-12-18(13-11-17)14-15-5-8-16(2)9-6-15;1-2/h15H,3-14H2,1-2H3;1-2H3. The highest BCUT2D eigenvalue weighted by atomic mass is 15.3. The number of piperazine rings is 1. The summed E-state index contributed by atoms with van der Waals surface area (Å²) in [7, 11) is 2.25. The van der Waals surface area contributed by atoms with Crippen LogP contribution in [-0.4, -0.2) is 74.1 Å². The number of unbranched alkanes of at least 4 members (excludes halogenated alkanes) is 1. The fraction of sp³-hybridized carbons (Fsp3) is 1.00. The average Bonchev–Trinajstić information content (AvgIpc) is 2.51. The molecule has 0 bridgehead atoms. The molecule has 2 rings (SSSR count). The lowest BCUT2D eigenvalue weighted by molar-refractivity contribution is 0.0992. The Morgan fingerprint density at radius 1 is 0.850 bits per heavy atom. The van der Waals surface area contributed by atoms with Crippen LogP contribution in [0.15, 0.2) is 0 Å². The van der Waals surface area contributed by atoms with Crippen molar-refractivity contribution in [1.82, 2.24) is 14.7 Å². The van der Waals surface area contributed by atoms with Gasteiger partial charge in [0.2, 0.25) is 0 Å². The average molecular weight is 284 g/mol. The van der Waals surface area contributed by atoms with Gasteiger partial charge in [-0.15, -0.1) is 0 Å². The van der Waals surface area contributed by atoms with Crippen molar-refractivity contribution < 1.29 is 0 Å². The Hall–Kier alpha value is -0.120. The van der Waals surface area contributed by atoms with Crippen LogP contribution < -0.4 is 0 Å². The van der Waals surface area contributed by atoms with Crippen LogP contribution >= 0.6 is 0 Å². The molecule has 0 aromatic carbocycles. The molecule has 3 nitrogen and oxygen atoms in total. The summed E-state index contributed by atoms with van der Waals surface area (Å²) in [6.07, 6.45) is 5.52. The van der Waals surface area contributed by atoms with Crippen molar-refractivity contribution in [2.45, 2.75) is 46.5 Å². The number of hydrogen-bond donors (Lipinski definition) is 0. The Kier molecular flexibility index (Phi) is 9.49. The predicted octanol–water partition coefficient (Wildman–Crippen LogP) is 2.77. The van der Waals surface area contributed by atoms with Crippen LogP contribution in [0.1, 0.15) is 46.5 Å². The molecule has 0 radical (unpaired) electrons. The van der Waals surface area contributed by atoms with E-state index in [9.17, 15) is 0 Å². The molecule has 3 heteroatoms. The minimum Gasteiger partial charge on any atom is -0.306 e. The Balaban J connectivity index is 0.000000956. The van der Waals surface area contributed by atoms with E-state index in [0.717, 1.165) is 5.92 Å². The fourth-order valence-electron chi connectivity index (χ4n) is 3.19. The van der Waals surface area contributed by atoms with Crippen LogP contribution in [-0.2, 0) is 0 Å². The number of nitrogens with zero attached hydrogens (tertiary/aromatic N) is 3. The summed E-state index contributed by atoms with van der Waals surface area (Å²) in [5.41, 5.74) is 0. The minimum absolute atomic E-state index is 0.961. The molecule has 2 fully saturated rings. The highest BCUT2D eigenvalue weighted by Crippen LogP contribution is 2.18. The monoisotopic (exact) mass is 283 g/mol. The second kappa shape index (κ2) is 10.6. The van der Waals surface area contributed by atoms with E-state index in [4.69, 9.17) is 0 Å². The third kappa shape index (κ3) is 6.55. The summed E-state index contributed by atoms with van der Waals surface area (Å²) in [6, 6.07) is 0. The molecule has 20 heavy (non-hydrogen) atoms. The van der Waals surface area contributed by atoms with Crippen molar-refractivity contribution in [3.8, 4) is 0 Å². The van der Waals surface area contributed by atoms with Gasteiger partial charge in [-0.1, -0.05) is 27.2 Å². The maximum atomic E-state index is 2.71. The van der Waals surface area contributed by atoms with Crippen molar-refractivity contribution in [1.29, 1.82) is 0 Å². The van der Waals surface area contributed by atoms with E-state index in [1.165, 1.54) is 78.0 Å². The van der Waals surface area contributed by atoms with E-state index >= 15 is 0 Å². The Morgan fingerprint density at radius 2 is 1.40 bits per heavy atom. The van der Waals surface area contributed by atoms with Crippen molar-refractivity contribution >= 4 is 0 Å². The highest BCUT2D eigenvalue weighted by molar-refractivity contribution is 4.77. The van der Waals surface area contributed by atoms with Gasteiger partial charge in [0.1, 0.15) is 0 Å². The molecular weight excluding hydrogens is 246 g/mol. The molecule has 2 saturated heterocycles. The zero-order chi connectivity index (χ0) is 14.8. The first-order chi connectivity index (χ1) is 9.78. The van der Waals surface area contributed by atoms with Crippen molar-refractivity contribution in [3.05, 3.63) is 0 Å². The molecule has 0 N–H and O–H groups in total. The van der Waals surface area contributed by atoms with E-state index in [0.29, 0.717) is 0 Å². The van der Waals surface area contributed by atoms with E-state index < -0.39 is 0 Å². The third-order valence-electron chi connectivity index (χ3n) is 4.65. The number of rotatable bonds is 5. The molecular formula is C17H37N3. The van der Waals surface area contributed by atoms with Crippen LogP contribution in [0.5, 0.6) is 0 Å². The van der Waals surface area contributed by atoms with Gasteiger partial charge >= 0.3 is 0 Å². The molecule has 0 atom stereocenters. The molecule has 0 saturated carbocycles. The van der Waals surface area contributed by atoms with Gasteiger partial charge in [-0.3, -0.25) is 0 Å². The fourth-order valence-corrected chi connectivity index (χ4v) is 3.19. The van der Waals surface area contributed by atoms with Crippen LogP contribution in [0.25, 0.3) is 0 Å². The molecule has 0 aliphatic carbocycles. The molecule has 2 aliphatic rings. The minimum atomic E-state index is 0.961. The lowest BCUT2D eigenvalue weighted by atomic mass is 9.96. The van der Waals surface area contributed by atoms with Gasteiger partial charge in [0.25, 0.3) is 0 Å². The van der Waals surface area contributed by atoms with E-state index in [1.807, 2.05) is 13.8 Å². The summed E-state index contributed by atoms with van der Waals surface area (Å²) >= 11 is 0. The molecule has 0 aromatic heterocycles. The quantitative estimate of drug-likeness (QED) is 0.768. The molecule has 0 amide bonds. The zero-order valence-corrected chi connectivity index (χ0v) is 14.4. The second-order valence-electron chi connectivity index (χ2n) is 6.24. The Bertz CT molecular complexity index is 216. The van der Waals surface area contributed by atoms with Crippen LogP contribution in [0, 0.1) is 5.92 Å². The van der Waals surface area contributed by atoms with Crippen molar-refractivity contribution in [2.24, 2.45) is 5.92 Å². The van der Waals surface area contributed by atoms with Gasteiger partial charge in [0, 0.05) is 32.7 Å². The van der Waals surface area contributed by atoms with Crippen LogP contribution in [0.2, 0.25) is 0 Å². The summed E-state index contributed by atoms with van der Waals surface area (Å²) in [4.78, 5) is 7.83. The molecule has 120 valence electrons. The lowest BCUT2D eigenvalue weighted by Gasteiger charge is -2.38. The smallest absolute Gasteiger partial charge is 0.0110 e. The maximum absolute atomic E-state index is 2.71. The van der Waals surface area contributed by atoms with E-state index in [-0.39, 0.29) is 0 Å². The first kappa shape index (κ1) is 17.9. The van der Waals surface area contributed by atoms with Gasteiger partial charge in [0.05, 0.1) is 0 Å². The molecule has 0 spiro atoms. The van der Waals surface area contributed by atoms with Gasteiger partial charge in [-0.2, -0.15) is 0 Å². The summed E-state index contributed by atoms with van der Waals surface area (Å²) in [6.45, 7) is 16.8. The maximum Gasteiger partial charge on any atom is 0.0110 e. The Morgan fingerprint density at radius 3 is 1.95 bits per heavy atom. The van der Waals surface area contributed by atoms with Gasteiger partial charge < -0.3 is 14.7 Å². The van der Waals surface area contributed by atoms with Gasteiger partial charge in [0.15, 0.2) is 0 Å². The van der Waals surface area contributed by atoms with E-state index in [2.05, 4.69) is 28.7 Å². The predicted molar refractivity (Wildman–Crippen MR) is 89.4 cm³/mol. The molecule has 2 heterocycles. The highest BCUT2D eigenvalue weighted by Gasteiger charge is 2.22.